The molecule has 0 N–H and O–H groups in total. The first-order valence-corrected chi connectivity index (χ1v) is 8.47. The zero-order valence-corrected chi connectivity index (χ0v) is 14.6. The van der Waals surface area contributed by atoms with E-state index in [0.29, 0.717) is 30.3 Å². The topological polar surface area (TPSA) is 30.3 Å². The third kappa shape index (κ3) is 4.00. The third-order valence-corrected chi connectivity index (χ3v) is 5.91. The van der Waals surface area contributed by atoms with Gasteiger partial charge >= 0.3 is 6.18 Å². The van der Waals surface area contributed by atoms with Gasteiger partial charge in [0.15, 0.2) is 0 Å². The molecule has 23 heavy (non-hydrogen) atoms. The summed E-state index contributed by atoms with van der Waals surface area (Å²) in [6, 6.07) is 2.82. The van der Waals surface area contributed by atoms with Crippen molar-refractivity contribution in [2.24, 2.45) is 17.8 Å². The third-order valence-electron chi connectivity index (χ3n) is 5.91. The molecule has 0 saturated heterocycles. The van der Waals surface area contributed by atoms with E-state index in [4.69, 9.17) is 5.26 Å². The van der Waals surface area contributed by atoms with Crippen molar-refractivity contribution >= 4 is 0 Å². The maximum Gasteiger partial charge on any atom is 0.393 e. The summed E-state index contributed by atoms with van der Waals surface area (Å²) in [5, 5.41) is 8.99. The summed E-state index contributed by atoms with van der Waals surface area (Å²) in [5.41, 5.74) is 0. The van der Waals surface area contributed by atoms with Crippen LogP contribution in [-0.4, -0.2) is 54.2 Å². The lowest BCUT2D eigenvalue weighted by Crippen LogP contribution is -2.35. The highest BCUT2D eigenvalue weighted by Gasteiger charge is 2.58. The smallest absolute Gasteiger partial charge is 0.300 e. The highest BCUT2D eigenvalue weighted by atomic mass is 19.4. The molecule has 2 aliphatic carbocycles. The second-order valence-corrected chi connectivity index (χ2v) is 7.64. The largest absolute Gasteiger partial charge is 0.393 e. The van der Waals surface area contributed by atoms with Crippen molar-refractivity contribution in [3.8, 4) is 6.07 Å². The number of alkyl halides is 3. The fraction of sp³-hybridized carbons (Fsp3) is 0.941. The molecule has 0 aromatic carbocycles. The van der Waals surface area contributed by atoms with Crippen LogP contribution in [0.15, 0.2) is 0 Å². The van der Waals surface area contributed by atoms with Gasteiger partial charge in [-0.05, 0) is 59.5 Å². The van der Waals surface area contributed by atoms with E-state index < -0.39 is 12.1 Å². The lowest BCUT2D eigenvalue weighted by atomic mass is 10.1. The highest BCUT2D eigenvalue weighted by molar-refractivity contribution is 5.09. The zero-order chi connectivity index (χ0) is 17.5. The summed E-state index contributed by atoms with van der Waals surface area (Å²) in [6.07, 6.45) is -2.43. The summed E-state index contributed by atoms with van der Waals surface area (Å²) < 4.78 is 38.2. The molecule has 3 nitrogen and oxygen atoms in total. The Hall–Kier alpha value is -0.800. The van der Waals surface area contributed by atoms with Crippen molar-refractivity contribution in [3.05, 3.63) is 0 Å². The first-order valence-electron chi connectivity index (χ1n) is 8.47. The number of nitrogens with zero attached hydrogens (tertiary/aromatic N) is 3. The minimum Gasteiger partial charge on any atom is -0.300 e. The Morgan fingerprint density at radius 1 is 1.13 bits per heavy atom. The summed E-state index contributed by atoms with van der Waals surface area (Å²) in [7, 11) is 3.89. The number of hydrogen-bond donors (Lipinski definition) is 0. The Bertz CT molecular complexity index is 457. The molecule has 0 amide bonds. The van der Waals surface area contributed by atoms with E-state index in [1.165, 1.54) is 0 Å². The van der Waals surface area contributed by atoms with Crippen LogP contribution in [0.4, 0.5) is 13.2 Å². The number of halogens is 3. The molecule has 2 unspecified atom stereocenters. The summed E-state index contributed by atoms with van der Waals surface area (Å²) in [5.74, 6) is -0.373. The van der Waals surface area contributed by atoms with Gasteiger partial charge in [0.2, 0.25) is 0 Å². The second-order valence-electron chi connectivity index (χ2n) is 7.64. The molecule has 2 saturated carbocycles. The average Bonchev–Trinajstić information content (AvgIpc) is 3.32. The Morgan fingerprint density at radius 3 is 2.17 bits per heavy atom. The van der Waals surface area contributed by atoms with Crippen LogP contribution in [0.1, 0.15) is 40.0 Å². The predicted octanol–water partition coefficient (Wildman–Crippen LogP) is 3.52. The quantitative estimate of drug-likeness (QED) is 0.715. The molecule has 2 aliphatic rings. The number of rotatable bonds is 7. The van der Waals surface area contributed by atoms with Crippen LogP contribution in [0.3, 0.4) is 0 Å². The lowest BCUT2D eigenvalue weighted by Gasteiger charge is -2.27. The molecule has 2 fully saturated rings. The number of hydrogen-bond acceptors (Lipinski definition) is 3. The highest BCUT2D eigenvalue weighted by Crippen LogP contribution is 2.51. The first-order chi connectivity index (χ1) is 10.6. The first kappa shape index (κ1) is 18.5. The van der Waals surface area contributed by atoms with Crippen LogP contribution in [0.2, 0.25) is 0 Å². The van der Waals surface area contributed by atoms with Gasteiger partial charge < -0.3 is 9.80 Å². The van der Waals surface area contributed by atoms with Crippen LogP contribution in [0.5, 0.6) is 0 Å². The Balaban J connectivity index is 1.90. The van der Waals surface area contributed by atoms with Crippen molar-refractivity contribution in [2.75, 3.05) is 14.1 Å². The molecule has 0 aliphatic heterocycles. The molecular weight excluding hydrogens is 303 g/mol. The molecule has 132 valence electrons. The molecule has 6 heteroatoms. The van der Waals surface area contributed by atoms with Crippen molar-refractivity contribution < 1.29 is 13.2 Å². The van der Waals surface area contributed by atoms with Gasteiger partial charge in [0.1, 0.15) is 0 Å². The molecule has 0 heterocycles. The van der Waals surface area contributed by atoms with Gasteiger partial charge in [-0.15, -0.1) is 0 Å². The molecule has 0 aromatic heterocycles. The van der Waals surface area contributed by atoms with Crippen molar-refractivity contribution in [1.82, 2.24) is 9.80 Å². The zero-order valence-electron chi connectivity index (χ0n) is 14.6. The second kappa shape index (κ2) is 6.60. The summed E-state index contributed by atoms with van der Waals surface area (Å²) >= 11 is 0. The Morgan fingerprint density at radius 2 is 1.74 bits per heavy atom. The van der Waals surface area contributed by atoms with Crippen LogP contribution < -0.4 is 0 Å². The van der Waals surface area contributed by atoms with E-state index in [2.05, 4.69) is 31.9 Å². The van der Waals surface area contributed by atoms with E-state index in [9.17, 15) is 13.2 Å². The van der Waals surface area contributed by atoms with Gasteiger partial charge in [-0.25, -0.2) is 0 Å². The summed E-state index contributed by atoms with van der Waals surface area (Å²) in [4.78, 5) is 4.20. The molecule has 0 aromatic rings. The van der Waals surface area contributed by atoms with E-state index in [0.717, 1.165) is 6.42 Å². The van der Waals surface area contributed by atoms with Crippen LogP contribution in [0.25, 0.3) is 0 Å². The van der Waals surface area contributed by atoms with Gasteiger partial charge in [0, 0.05) is 30.6 Å². The van der Waals surface area contributed by atoms with E-state index in [1.54, 1.807) is 0 Å². The number of nitriles is 1. The molecule has 2 rings (SSSR count). The van der Waals surface area contributed by atoms with Gasteiger partial charge in [-0.2, -0.15) is 18.4 Å². The molecular formula is C17H28F3N3. The van der Waals surface area contributed by atoms with Crippen molar-refractivity contribution in [2.45, 2.75) is 70.4 Å². The lowest BCUT2D eigenvalue weighted by molar-refractivity contribution is -0.152. The van der Waals surface area contributed by atoms with E-state index >= 15 is 0 Å². The Labute approximate surface area is 137 Å². The molecule has 0 bridgehead atoms. The molecule has 0 spiro atoms. The SMILES string of the molecule is CC(CC1[C@H](CC#N)[C@H]1N(C)C(C)C)N(C)[C@H]1C[C@@H]1C(F)(F)F. The van der Waals surface area contributed by atoms with E-state index in [-0.39, 0.29) is 18.5 Å². The minimum atomic E-state index is -4.07. The van der Waals surface area contributed by atoms with Gasteiger partial charge in [-0.3, -0.25) is 0 Å². The van der Waals surface area contributed by atoms with Crippen LogP contribution in [-0.2, 0) is 0 Å². The normalized spacial score (nSPS) is 34.8. The maximum absolute atomic E-state index is 12.7. The van der Waals surface area contributed by atoms with Gasteiger partial charge in [0.05, 0.1) is 12.0 Å². The fourth-order valence-electron chi connectivity index (χ4n) is 3.94. The van der Waals surface area contributed by atoms with Crippen molar-refractivity contribution in [3.63, 3.8) is 0 Å². The average molecular weight is 331 g/mol. The van der Waals surface area contributed by atoms with Crippen molar-refractivity contribution in [1.29, 1.82) is 5.26 Å². The fourth-order valence-corrected chi connectivity index (χ4v) is 3.94. The Kier molecular flexibility index (Phi) is 5.32. The molecule has 6 atom stereocenters. The van der Waals surface area contributed by atoms with Gasteiger partial charge in [-0.1, -0.05) is 0 Å². The standard InChI is InChI=1S/C17H28F3N3/c1-10(2)22(4)16-12(6-7-21)13(16)8-11(3)23(5)15-9-14(15)17(18,19)20/h10-16H,6,8-9H2,1-5H3/t11?,12-,13?,14-,15-,16+/m0/s1. The van der Waals surface area contributed by atoms with Crippen LogP contribution in [0, 0.1) is 29.1 Å². The minimum absolute atomic E-state index is 0.115. The monoisotopic (exact) mass is 331 g/mol. The van der Waals surface area contributed by atoms with Gasteiger partial charge in [0.25, 0.3) is 0 Å². The maximum atomic E-state index is 12.7. The molecule has 0 radical (unpaired) electrons. The summed E-state index contributed by atoms with van der Waals surface area (Å²) in [6.45, 7) is 6.28. The predicted molar refractivity (Wildman–Crippen MR) is 83.7 cm³/mol. The van der Waals surface area contributed by atoms with E-state index in [1.807, 2.05) is 18.9 Å². The van der Waals surface area contributed by atoms with Crippen LogP contribution >= 0.6 is 0 Å².